The molecule has 0 aliphatic heterocycles. The summed E-state index contributed by atoms with van der Waals surface area (Å²) < 4.78 is 10.0. The lowest BCUT2D eigenvalue weighted by Crippen LogP contribution is -2.23. The Morgan fingerprint density at radius 1 is 0.833 bits per heavy atom. The second-order valence-corrected chi connectivity index (χ2v) is 5.61. The predicted octanol–water partition coefficient (Wildman–Crippen LogP) is 3.63. The van der Waals surface area contributed by atoms with Gasteiger partial charge < -0.3 is 9.47 Å². The lowest BCUT2D eigenvalue weighted by molar-refractivity contribution is -0.144. The Hall–Kier alpha value is -1.91. The van der Waals surface area contributed by atoms with Gasteiger partial charge in [0.2, 0.25) is 0 Å². The van der Waals surface area contributed by atoms with Gasteiger partial charge in [0.25, 0.3) is 0 Å². The van der Waals surface area contributed by atoms with E-state index in [0.717, 1.165) is 12.8 Å². The van der Waals surface area contributed by atoms with Gasteiger partial charge in [-0.1, -0.05) is 26.0 Å². The van der Waals surface area contributed by atoms with Crippen LogP contribution in [-0.4, -0.2) is 30.9 Å². The van der Waals surface area contributed by atoms with E-state index in [4.69, 9.17) is 9.47 Å². The Kier molecular flexibility index (Phi) is 12.4. The molecule has 0 aliphatic rings. The van der Waals surface area contributed by atoms with Crippen LogP contribution in [0.15, 0.2) is 25.3 Å². The average Bonchev–Trinajstić information content (AvgIpc) is 2.59. The summed E-state index contributed by atoms with van der Waals surface area (Å²) in [7, 11) is 0. The first-order valence-corrected chi connectivity index (χ1v) is 8.60. The minimum absolute atomic E-state index is 0.0772. The van der Waals surface area contributed by atoms with Gasteiger partial charge in [0.1, 0.15) is 5.78 Å². The number of hydrogen-bond acceptors (Lipinski definition) is 5. The van der Waals surface area contributed by atoms with Crippen molar-refractivity contribution < 1.29 is 23.9 Å². The molecule has 5 nitrogen and oxygen atoms in total. The van der Waals surface area contributed by atoms with Crippen molar-refractivity contribution in [1.29, 1.82) is 0 Å². The van der Waals surface area contributed by atoms with Crippen molar-refractivity contribution in [2.45, 2.75) is 52.4 Å². The molecule has 0 aromatic rings. The summed E-state index contributed by atoms with van der Waals surface area (Å²) in [5.41, 5.74) is 0. The molecule has 0 spiro atoms. The van der Waals surface area contributed by atoms with Gasteiger partial charge in [-0.2, -0.15) is 0 Å². The Balaban J connectivity index is 4.44. The smallest absolute Gasteiger partial charge is 0.305 e. The van der Waals surface area contributed by atoms with Crippen LogP contribution in [0.25, 0.3) is 0 Å². The van der Waals surface area contributed by atoms with Crippen LogP contribution >= 0.6 is 0 Å². The van der Waals surface area contributed by atoms with E-state index in [1.165, 1.54) is 0 Å². The minimum Gasteiger partial charge on any atom is -0.466 e. The van der Waals surface area contributed by atoms with Gasteiger partial charge in [0, 0.05) is 24.7 Å². The Morgan fingerprint density at radius 2 is 1.21 bits per heavy atom. The van der Waals surface area contributed by atoms with Crippen LogP contribution < -0.4 is 0 Å². The molecule has 24 heavy (non-hydrogen) atoms. The first kappa shape index (κ1) is 22.1. The van der Waals surface area contributed by atoms with Crippen molar-refractivity contribution >= 4 is 17.7 Å². The van der Waals surface area contributed by atoms with E-state index in [1.807, 2.05) is 13.8 Å². The van der Waals surface area contributed by atoms with Gasteiger partial charge >= 0.3 is 11.9 Å². The van der Waals surface area contributed by atoms with Gasteiger partial charge in [-0.25, -0.2) is 0 Å². The maximum absolute atomic E-state index is 12.5. The van der Waals surface area contributed by atoms with E-state index >= 15 is 0 Å². The third-order valence-corrected chi connectivity index (χ3v) is 3.55. The summed E-state index contributed by atoms with van der Waals surface area (Å²) in [6.07, 6.45) is 5.67. The highest BCUT2D eigenvalue weighted by molar-refractivity contribution is 5.87. The lowest BCUT2D eigenvalue weighted by Gasteiger charge is -2.17. The number of Topliss-reactive ketones (excluding diaryl/α,β-unsaturated/α-hetero) is 1. The van der Waals surface area contributed by atoms with Crippen molar-refractivity contribution in [3.8, 4) is 0 Å². The van der Waals surface area contributed by atoms with E-state index in [9.17, 15) is 14.4 Å². The highest BCUT2D eigenvalue weighted by Gasteiger charge is 2.24. The second kappa shape index (κ2) is 13.5. The third-order valence-electron chi connectivity index (χ3n) is 3.55. The number of esters is 2. The van der Waals surface area contributed by atoms with Gasteiger partial charge in [0.05, 0.1) is 13.2 Å². The lowest BCUT2D eigenvalue weighted by atomic mass is 9.87. The fourth-order valence-corrected chi connectivity index (χ4v) is 2.15. The molecule has 5 heteroatoms. The van der Waals surface area contributed by atoms with Crippen LogP contribution in [0.1, 0.15) is 52.4 Å². The van der Waals surface area contributed by atoms with Crippen molar-refractivity contribution in [2.75, 3.05) is 13.2 Å². The number of rotatable bonds is 14. The third kappa shape index (κ3) is 9.28. The average molecular weight is 338 g/mol. The summed E-state index contributed by atoms with van der Waals surface area (Å²) in [6, 6.07) is 0. The fourth-order valence-electron chi connectivity index (χ4n) is 2.15. The zero-order valence-corrected chi connectivity index (χ0v) is 14.9. The maximum Gasteiger partial charge on any atom is 0.305 e. The normalized spacial score (nSPS) is 12.8. The van der Waals surface area contributed by atoms with Crippen molar-refractivity contribution in [2.24, 2.45) is 11.8 Å². The number of ether oxygens (including phenoxy) is 2. The van der Waals surface area contributed by atoms with Gasteiger partial charge in [-0.15, -0.1) is 13.2 Å². The molecule has 0 bridgehead atoms. The van der Waals surface area contributed by atoms with Gasteiger partial charge in [-0.3, -0.25) is 14.4 Å². The molecule has 0 saturated heterocycles. The van der Waals surface area contributed by atoms with Crippen LogP contribution in [0.3, 0.4) is 0 Å². The van der Waals surface area contributed by atoms with Crippen LogP contribution in [-0.2, 0) is 23.9 Å². The molecule has 0 N–H and O–H groups in total. The molecule has 2 unspecified atom stereocenters. The standard InChI is InChI=1S/C19H30O5/c1-5-13-23-17(20)11-9-15(7-3)19(22)16(8-4)10-12-18(21)24-14-6-2/h7-8,15-16H,3-6,9-14H2,1-2H3. The monoisotopic (exact) mass is 338 g/mol. The SMILES string of the molecule is C=CC(CCC(=O)OCCC)C(=O)C(C=C)CCC(=O)OCCC. The summed E-state index contributed by atoms with van der Waals surface area (Å²) >= 11 is 0. The summed E-state index contributed by atoms with van der Waals surface area (Å²) in [5.74, 6) is -1.60. The molecule has 0 saturated carbocycles. The Labute approximate surface area is 145 Å². The minimum atomic E-state index is -0.450. The zero-order chi connectivity index (χ0) is 18.4. The molecule has 0 aromatic carbocycles. The fraction of sp³-hybridized carbons (Fsp3) is 0.632. The first-order valence-electron chi connectivity index (χ1n) is 8.60. The van der Waals surface area contributed by atoms with Crippen LogP contribution in [0.5, 0.6) is 0 Å². The van der Waals surface area contributed by atoms with Crippen LogP contribution in [0.4, 0.5) is 0 Å². The zero-order valence-electron chi connectivity index (χ0n) is 14.9. The molecule has 0 radical (unpaired) electrons. The molecule has 0 aromatic heterocycles. The van der Waals surface area contributed by atoms with E-state index in [2.05, 4.69) is 13.2 Å². The Bertz CT molecular complexity index is 389. The van der Waals surface area contributed by atoms with E-state index in [1.54, 1.807) is 12.2 Å². The first-order chi connectivity index (χ1) is 11.5. The number of hydrogen-bond donors (Lipinski definition) is 0. The van der Waals surface area contributed by atoms with E-state index in [-0.39, 0.29) is 30.6 Å². The van der Waals surface area contributed by atoms with Crippen molar-refractivity contribution in [3.05, 3.63) is 25.3 Å². The highest BCUT2D eigenvalue weighted by Crippen LogP contribution is 2.20. The van der Waals surface area contributed by atoms with Crippen LogP contribution in [0.2, 0.25) is 0 Å². The molecule has 0 fully saturated rings. The molecule has 0 aliphatic carbocycles. The van der Waals surface area contributed by atoms with E-state index < -0.39 is 11.8 Å². The summed E-state index contributed by atoms with van der Waals surface area (Å²) in [6.45, 7) is 12.0. The van der Waals surface area contributed by atoms with Gasteiger partial charge in [0.15, 0.2) is 0 Å². The largest absolute Gasteiger partial charge is 0.466 e. The molecule has 0 rings (SSSR count). The van der Waals surface area contributed by atoms with Crippen LogP contribution in [0, 0.1) is 11.8 Å². The molecule has 136 valence electrons. The summed E-state index contributed by atoms with van der Waals surface area (Å²) in [5, 5.41) is 0. The Morgan fingerprint density at radius 3 is 1.50 bits per heavy atom. The summed E-state index contributed by atoms with van der Waals surface area (Å²) in [4.78, 5) is 35.6. The number of carbonyl (C=O) groups excluding carboxylic acids is 3. The molecule has 0 heterocycles. The predicted molar refractivity (Wildman–Crippen MR) is 93.3 cm³/mol. The second-order valence-electron chi connectivity index (χ2n) is 5.61. The quantitative estimate of drug-likeness (QED) is 0.357. The topological polar surface area (TPSA) is 69.7 Å². The number of carbonyl (C=O) groups is 3. The molecular formula is C19H30O5. The molecule has 2 atom stereocenters. The van der Waals surface area contributed by atoms with E-state index in [0.29, 0.717) is 26.1 Å². The highest BCUT2D eigenvalue weighted by atomic mass is 16.5. The van der Waals surface area contributed by atoms with Crippen molar-refractivity contribution in [1.82, 2.24) is 0 Å². The molecule has 0 amide bonds. The number of allylic oxidation sites excluding steroid dienone is 2. The number of ketones is 1. The maximum atomic E-state index is 12.5. The van der Waals surface area contributed by atoms with Gasteiger partial charge in [-0.05, 0) is 25.7 Å². The molecular weight excluding hydrogens is 308 g/mol. The van der Waals surface area contributed by atoms with Crippen molar-refractivity contribution in [3.63, 3.8) is 0 Å².